The summed E-state index contributed by atoms with van der Waals surface area (Å²) in [5, 5.41) is 19.2. The van der Waals surface area contributed by atoms with Crippen LogP contribution in [0.2, 0.25) is 0 Å². The van der Waals surface area contributed by atoms with Crippen LogP contribution in [-0.2, 0) is 0 Å². The van der Waals surface area contributed by atoms with Crippen LogP contribution in [0.25, 0.3) is 22.6 Å². The molecule has 0 amide bonds. The van der Waals surface area contributed by atoms with Crippen molar-refractivity contribution in [3.63, 3.8) is 0 Å². The molecule has 0 bridgehead atoms. The Morgan fingerprint density at radius 2 is 1.92 bits per heavy atom. The first-order valence-corrected chi connectivity index (χ1v) is 12.1. The van der Waals surface area contributed by atoms with Gasteiger partial charge in [0.1, 0.15) is 11.9 Å². The summed E-state index contributed by atoms with van der Waals surface area (Å²) in [6.45, 7) is 4.42. The van der Waals surface area contributed by atoms with E-state index in [4.69, 9.17) is 9.47 Å². The molecule has 192 valence electrons. The number of nitrogens with zero attached hydrogens (tertiary/aromatic N) is 6. The van der Waals surface area contributed by atoms with E-state index in [1.54, 1.807) is 24.4 Å². The Bertz CT molecular complexity index is 1190. The van der Waals surface area contributed by atoms with Crippen LogP contribution in [0.5, 0.6) is 17.5 Å². The number of halogens is 1. The van der Waals surface area contributed by atoms with Gasteiger partial charge in [-0.25, -0.2) is 19.3 Å². The van der Waals surface area contributed by atoms with Gasteiger partial charge in [0, 0.05) is 12.6 Å². The summed E-state index contributed by atoms with van der Waals surface area (Å²) < 4.78 is 25.2. The molecule has 1 aromatic carbocycles. The maximum Gasteiger partial charge on any atom is 0.278 e. The Morgan fingerprint density at radius 3 is 2.56 bits per heavy atom. The quantitative estimate of drug-likeness (QED) is 0.468. The molecule has 2 heterocycles. The van der Waals surface area contributed by atoms with Gasteiger partial charge in [0.15, 0.2) is 11.6 Å². The molecule has 1 fully saturated rings. The molecule has 0 saturated heterocycles. The lowest BCUT2D eigenvalue weighted by Crippen LogP contribution is -2.47. The zero-order chi connectivity index (χ0) is 25.9. The minimum atomic E-state index is -0.919. The van der Waals surface area contributed by atoms with Gasteiger partial charge in [-0.05, 0) is 43.2 Å². The molecule has 1 saturated carbocycles. The zero-order valence-electron chi connectivity index (χ0n) is 21.4. The molecule has 0 radical (unpaired) electrons. The van der Waals surface area contributed by atoms with Gasteiger partial charge >= 0.3 is 0 Å². The topological polar surface area (TPSA) is 106 Å². The highest BCUT2D eigenvalue weighted by Gasteiger charge is 2.39. The van der Waals surface area contributed by atoms with Gasteiger partial charge in [0.2, 0.25) is 0 Å². The maximum absolute atomic E-state index is 14.9. The molecule has 3 aromatic rings. The fraction of sp³-hybridized carbons (Fsp3) is 0.500. The van der Waals surface area contributed by atoms with Crippen LogP contribution in [-0.4, -0.2) is 63.7 Å². The number of phenols is 1. The minimum absolute atomic E-state index is 0.0292. The minimum Gasteiger partial charge on any atom is -0.507 e. The Kier molecular flexibility index (Phi) is 7.51. The molecule has 0 aliphatic heterocycles. The lowest BCUT2D eigenvalue weighted by atomic mass is 9.70. The molecule has 2 aromatic heterocycles. The van der Waals surface area contributed by atoms with Crippen LogP contribution in [0, 0.1) is 5.41 Å². The first-order valence-electron chi connectivity index (χ1n) is 12.1. The van der Waals surface area contributed by atoms with Crippen LogP contribution in [0.15, 0.2) is 30.6 Å². The van der Waals surface area contributed by atoms with E-state index in [1.165, 1.54) is 20.4 Å². The van der Waals surface area contributed by atoms with Crippen molar-refractivity contribution >= 4 is 5.82 Å². The molecule has 10 heteroatoms. The SMILES string of the molecule is CCC[C@]1(C)CC[C@H](F)[C@H](N(C)c2cnc(-c3ccc(-c4cnc(OC)c(OC)n4)cc3O)nn2)C1. The molecule has 1 N–H and O–H groups in total. The van der Waals surface area contributed by atoms with Crippen molar-refractivity contribution in [2.75, 3.05) is 26.2 Å². The average Bonchev–Trinajstić information content (AvgIpc) is 2.89. The van der Waals surface area contributed by atoms with Gasteiger partial charge in [-0.1, -0.05) is 26.3 Å². The molecule has 0 unspecified atom stereocenters. The van der Waals surface area contributed by atoms with Gasteiger partial charge in [0.25, 0.3) is 11.8 Å². The molecule has 0 spiro atoms. The average molecular weight is 497 g/mol. The standard InChI is InChI=1S/C26H33FN6O3/c1-6-10-26(2)11-9-18(27)20(13-26)33(3)22-15-28-23(32-31-22)17-8-7-16(12-21(17)34)19-14-29-24(35-4)25(30-19)36-5/h7-8,12,14-15,18,20,34H,6,9-11,13H2,1-5H3/t18-,20+,26+/m0/s1. The summed E-state index contributed by atoms with van der Waals surface area (Å²) in [7, 11) is 4.81. The van der Waals surface area contributed by atoms with Crippen molar-refractivity contribution in [3.05, 3.63) is 30.6 Å². The van der Waals surface area contributed by atoms with Crippen LogP contribution >= 0.6 is 0 Å². The third-order valence-electron chi connectivity index (χ3n) is 7.04. The van der Waals surface area contributed by atoms with Crippen molar-refractivity contribution < 1.29 is 19.0 Å². The highest BCUT2D eigenvalue weighted by atomic mass is 19.1. The second-order valence-electron chi connectivity index (χ2n) is 9.64. The smallest absolute Gasteiger partial charge is 0.278 e. The van der Waals surface area contributed by atoms with Crippen molar-refractivity contribution in [1.29, 1.82) is 0 Å². The maximum atomic E-state index is 14.9. The number of hydrogen-bond donors (Lipinski definition) is 1. The number of phenolic OH excluding ortho intramolecular Hbond substituents is 1. The third-order valence-corrected chi connectivity index (χ3v) is 7.04. The van der Waals surface area contributed by atoms with E-state index in [2.05, 4.69) is 39.0 Å². The van der Waals surface area contributed by atoms with Gasteiger partial charge in [-0.2, -0.15) is 0 Å². The molecule has 1 aliphatic carbocycles. The second-order valence-corrected chi connectivity index (χ2v) is 9.64. The molecular formula is C26H33FN6O3. The summed E-state index contributed by atoms with van der Waals surface area (Å²) in [5.41, 5.74) is 1.69. The zero-order valence-corrected chi connectivity index (χ0v) is 21.4. The normalized spacial score (nSPS) is 21.7. The number of aromatic nitrogens is 5. The number of anilines is 1. The van der Waals surface area contributed by atoms with E-state index in [-0.39, 0.29) is 34.8 Å². The van der Waals surface area contributed by atoms with Crippen LogP contribution in [0.3, 0.4) is 0 Å². The largest absolute Gasteiger partial charge is 0.507 e. The fourth-order valence-electron chi connectivity index (χ4n) is 5.00. The fourth-order valence-corrected chi connectivity index (χ4v) is 5.00. The van der Waals surface area contributed by atoms with Gasteiger partial charge in [-0.3, -0.25) is 0 Å². The van der Waals surface area contributed by atoms with Crippen molar-refractivity contribution in [3.8, 4) is 40.2 Å². The molecule has 3 atom stereocenters. The predicted molar refractivity (Wildman–Crippen MR) is 135 cm³/mol. The van der Waals surface area contributed by atoms with Crippen LogP contribution < -0.4 is 14.4 Å². The van der Waals surface area contributed by atoms with E-state index in [0.717, 1.165) is 25.7 Å². The van der Waals surface area contributed by atoms with Crippen molar-refractivity contribution in [2.45, 2.75) is 58.2 Å². The highest BCUT2D eigenvalue weighted by molar-refractivity contribution is 5.71. The van der Waals surface area contributed by atoms with Gasteiger partial charge in [0.05, 0.1) is 43.9 Å². The highest BCUT2D eigenvalue weighted by Crippen LogP contribution is 2.43. The number of benzene rings is 1. The van der Waals surface area contributed by atoms with E-state index in [1.807, 2.05) is 11.9 Å². The number of ether oxygens (including phenoxy) is 2. The van der Waals surface area contributed by atoms with E-state index < -0.39 is 6.17 Å². The first-order chi connectivity index (χ1) is 17.3. The first kappa shape index (κ1) is 25.5. The molecule has 1 aliphatic rings. The lowest BCUT2D eigenvalue weighted by Gasteiger charge is -2.43. The van der Waals surface area contributed by atoms with E-state index in [0.29, 0.717) is 29.1 Å². The summed E-state index contributed by atoms with van der Waals surface area (Å²) in [5.74, 6) is 1.26. The van der Waals surface area contributed by atoms with Gasteiger partial charge < -0.3 is 19.5 Å². The Labute approximate surface area is 210 Å². The van der Waals surface area contributed by atoms with Crippen LogP contribution in [0.1, 0.15) is 46.0 Å². The summed E-state index contributed by atoms with van der Waals surface area (Å²) in [6.07, 6.45) is 6.58. The number of rotatable bonds is 8. The summed E-state index contributed by atoms with van der Waals surface area (Å²) in [4.78, 5) is 14.8. The van der Waals surface area contributed by atoms with E-state index in [9.17, 15) is 9.50 Å². The number of alkyl halides is 1. The second kappa shape index (κ2) is 10.6. The Morgan fingerprint density at radius 1 is 1.14 bits per heavy atom. The third kappa shape index (κ3) is 5.17. The number of methoxy groups -OCH3 is 2. The van der Waals surface area contributed by atoms with Gasteiger partial charge in [-0.15, -0.1) is 10.2 Å². The molecule has 9 nitrogen and oxygen atoms in total. The monoisotopic (exact) mass is 496 g/mol. The van der Waals surface area contributed by atoms with E-state index >= 15 is 0 Å². The summed E-state index contributed by atoms with van der Waals surface area (Å²) in [6, 6.07) is 4.75. The van der Waals surface area contributed by atoms with Crippen LogP contribution in [0.4, 0.5) is 10.2 Å². The number of hydrogen-bond acceptors (Lipinski definition) is 9. The lowest BCUT2D eigenvalue weighted by molar-refractivity contribution is 0.102. The predicted octanol–water partition coefficient (Wildman–Crippen LogP) is 4.85. The number of aromatic hydroxyl groups is 1. The molecule has 4 rings (SSSR count). The van der Waals surface area contributed by atoms with Crippen molar-refractivity contribution in [1.82, 2.24) is 25.1 Å². The Hall–Kier alpha value is -3.56. The molecule has 36 heavy (non-hydrogen) atoms. The Balaban J connectivity index is 1.53. The molecular weight excluding hydrogens is 463 g/mol. The summed E-state index contributed by atoms with van der Waals surface area (Å²) >= 11 is 0. The van der Waals surface area contributed by atoms with Crippen molar-refractivity contribution in [2.24, 2.45) is 5.41 Å².